The molecule has 128 valence electrons. The minimum absolute atomic E-state index is 0.0269. The fourth-order valence-electron chi connectivity index (χ4n) is 2.56. The van der Waals surface area contributed by atoms with Gasteiger partial charge >= 0.3 is 5.97 Å². The standard InChI is InChI=1S/C18H20O5S/c1-11(2)24(21,22)17-14(13-8-6-5-7-12(13)3)9-10-15(23-4)16(17)18(19)20/h5-11H,1-4H3,(H,19,20). The second-order valence-corrected chi connectivity index (χ2v) is 8.17. The van der Waals surface area contributed by atoms with E-state index < -0.39 is 21.1 Å². The molecule has 0 heterocycles. The highest BCUT2D eigenvalue weighted by atomic mass is 32.2. The van der Waals surface area contributed by atoms with E-state index in [-0.39, 0.29) is 16.2 Å². The summed E-state index contributed by atoms with van der Waals surface area (Å²) in [6, 6.07) is 10.4. The molecular weight excluding hydrogens is 328 g/mol. The fraction of sp³-hybridized carbons (Fsp3) is 0.278. The molecule has 0 aliphatic heterocycles. The van der Waals surface area contributed by atoms with Gasteiger partial charge in [-0.1, -0.05) is 24.3 Å². The van der Waals surface area contributed by atoms with E-state index in [0.29, 0.717) is 11.1 Å². The molecule has 0 unspecified atom stereocenters. The van der Waals surface area contributed by atoms with Gasteiger partial charge in [0.2, 0.25) is 0 Å². The van der Waals surface area contributed by atoms with Crippen LogP contribution in [0.1, 0.15) is 29.8 Å². The van der Waals surface area contributed by atoms with Gasteiger partial charge < -0.3 is 9.84 Å². The molecule has 0 saturated heterocycles. The van der Waals surface area contributed by atoms with Crippen LogP contribution in [-0.2, 0) is 9.84 Å². The molecule has 2 rings (SSSR count). The SMILES string of the molecule is COc1ccc(-c2ccccc2C)c(S(=O)(=O)C(C)C)c1C(=O)O. The van der Waals surface area contributed by atoms with E-state index in [4.69, 9.17) is 4.74 Å². The van der Waals surface area contributed by atoms with Crippen LogP contribution in [0.15, 0.2) is 41.3 Å². The maximum Gasteiger partial charge on any atom is 0.340 e. The lowest BCUT2D eigenvalue weighted by Crippen LogP contribution is -2.19. The van der Waals surface area contributed by atoms with Gasteiger partial charge in [0.1, 0.15) is 11.3 Å². The zero-order valence-electron chi connectivity index (χ0n) is 14.0. The fourth-order valence-corrected chi connectivity index (χ4v) is 3.98. The molecule has 0 aliphatic rings. The lowest BCUT2D eigenvalue weighted by Gasteiger charge is -2.19. The van der Waals surface area contributed by atoms with E-state index >= 15 is 0 Å². The summed E-state index contributed by atoms with van der Waals surface area (Å²) in [5, 5.41) is 8.86. The van der Waals surface area contributed by atoms with Gasteiger partial charge in [-0.3, -0.25) is 0 Å². The average Bonchev–Trinajstić information content (AvgIpc) is 2.53. The molecule has 0 bridgehead atoms. The Balaban J connectivity index is 3.00. The number of methoxy groups -OCH3 is 1. The Kier molecular flexibility index (Phi) is 4.99. The van der Waals surface area contributed by atoms with Crippen LogP contribution in [-0.4, -0.2) is 31.9 Å². The topological polar surface area (TPSA) is 80.7 Å². The van der Waals surface area contributed by atoms with Crippen molar-refractivity contribution < 1.29 is 23.1 Å². The summed E-state index contributed by atoms with van der Waals surface area (Å²) in [6.45, 7) is 4.91. The number of aryl methyl sites for hydroxylation is 1. The van der Waals surface area contributed by atoms with Crippen LogP contribution < -0.4 is 4.74 Å². The summed E-state index contributed by atoms with van der Waals surface area (Å²) >= 11 is 0. The lowest BCUT2D eigenvalue weighted by molar-refractivity contribution is 0.0689. The Labute approximate surface area is 141 Å². The van der Waals surface area contributed by atoms with E-state index in [0.717, 1.165) is 5.56 Å². The Hall–Kier alpha value is -2.34. The van der Waals surface area contributed by atoms with Crippen LogP contribution in [0.5, 0.6) is 5.75 Å². The van der Waals surface area contributed by atoms with Gasteiger partial charge in [0.15, 0.2) is 9.84 Å². The first kappa shape index (κ1) is 18.0. The van der Waals surface area contributed by atoms with Crippen molar-refractivity contribution in [1.29, 1.82) is 0 Å². The van der Waals surface area contributed by atoms with Gasteiger partial charge in [-0.05, 0) is 44.0 Å². The zero-order valence-corrected chi connectivity index (χ0v) is 14.8. The van der Waals surface area contributed by atoms with Crippen molar-refractivity contribution in [3.63, 3.8) is 0 Å². The molecule has 0 atom stereocenters. The minimum atomic E-state index is -3.84. The molecule has 6 heteroatoms. The summed E-state index contributed by atoms with van der Waals surface area (Å²) in [7, 11) is -2.52. The number of carboxylic acids is 1. The second kappa shape index (κ2) is 6.65. The van der Waals surface area contributed by atoms with E-state index in [1.54, 1.807) is 18.2 Å². The van der Waals surface area contributed by atoms with Crippen molar-refractivity contribution in [2.45, 2.75) is 30.9 Å². The van der Waals surface area contributed by atoms with Crippen LogP contribution in [0.25, 0.3) is 11.1 Å². The van der Waals surface area contributed by atoms with Crippen LogP contribution in [0.4, 0.5) is 0 Å². The number of ether oxygens (including phenoxy) is 1. The number of hydrogen-bond donors (Lipinski definition) is 1. The van der Waals surface area contributed by atoms with Crippen molar-refractivity contribution >= 4 is 15.8 Å². The summed E-state index contributed by atoms with van der Waals surface area (Å²) in [5.74, 6) is -1.31. The first-order valence-corrected chi connectivity index (χ1v) is 9.00. The van der Waals surface area contributed by atoms with Crippen molar-refractivity contribution in [1.82, 2.24) is 0 Å². The third-order valence-corrected chi connectivity index (χ3v) is 6.13. The van der Waals surface area contributed by atoms with E-state index in [1.165, 1.54) is 27.0 Å². The third-order valence-electron chi connectivity index (χ3n) is 3.89. The van der Waals surface area contributed by atoms with Gasteiger partial charge in [0.05, 0.1) is 17.3 Å². The average molecular weight is 348 g/mol. The summed E-state index contributed by atoms with van der Waals surface area (Å²) in [6.07, 6.45) is 0. The number of hydrogen-bond acceptors (Lipinski definition) is 4. The van der Waals surface area contributed by atoms with Crippen molar-refractivity contribution in [2.24, 2.45) is 0 Å². The molecule has 0 amide bonds. The quantitative estimate of drug-likeness (QED) is 0.894. The highest BCUT2D eigenvalue weighted by molar-refractivity contribution is 7.92. The summed E-state index contributed by atoms with van der Waals surface area (Å²) in [4.78, 5) is 11.6. The first-order chi connectivity index (χ1) is 11.2. The number of carboxylic acid groups (broad SMARTS) is 1. The molecule has 5 nitrogen and oxygen atoms in total. The second-order valence-electron chi connectivity index (χ2n) is 5.73. The van der Waals surface area contributed by atoms with Crippen molar-refractivity contribution in [2.75, 3.05) is 7.11 Å². The largest absolute Gasteiger partial charge is 0.496 e. The molecule has 2 aromatic carbocycles. The van der Waals surface area contributed by atoms with Crippen LogP contribution >= 0.6 is 0 Å². The molecule has 0 radical (unpaired) electrons. The Bertz CT molecular complexity index is 882. The van der Waals surface area contributed by atoms with E-state index in [2.05, 4.69) is 0 Å². The van der Waals surface area contributed by atoms with Gasteiger partial charge in [0.25, 0.3) is 0 Å². The van der Waals surface area contributed by atoms with Crippen LogP contribution in [0.3, 0.4) is 0 Å². The van der Waals surface area contributed by atoms with Crippen LogP contribution in [0.2, 0.25) is 0 Å². The zero-order chi connectivity index (χ0) is 18.1. The molecule has 0 aliphatic carbocycles. The molecule has 0 fully saturated rings. The van der Waals surface area contributed by atoms with Gasteiger partial charge in [-0.2, -0.15) is 0 Å². The molecule has 0 spiro atoms. The number of benzene rings is 2. The summed E-state index contributed by atoms with van der Waals surface area (Å²) in [5.41, 5.74) is 1.59. The highest BCUT2D eigenvalue weighted by Crippen LogP contribution is 2.38. The van der Waals surface area contributed by atoms with Crippen molar-refractivity contribution in [3.05, 3.63) is 47.5 Å². The third kappa shape index (κ3) is 3.01. The Morgan fingerprint density at radius 3 is 2.21 bits per heavy atom. The molecule has 2 aromatic rings. The number of sulfone groups is 1. The predicted octanol–water partition coefficient (Wildman–Crippen LogP) is 3.55. The smallest absolute Gasteiger partial charge is 0.340 e. The number of aromatic carboxylic acids is 1. The van der Waals surface area contributed by atoms with Gasteiger partial charge in [0, 0.05) is 5.56 Å². The first-order valence-electron chi connectivity index (χ1n) is 7.46. The normalized spacial score (nSPS) is 11.5. The van der Waals surface area contributed by atoms with Crippen molar-refractivity contribution in [3.8, 4) is 16.9 Å². The Morgan fingerprint density at radius 1 is 1.08 bits per heavy atom. The lowest BCUT2D eigenvalue weighted by atomic mass is 9.98. The van der Waals surface area contributed by atoms with Gasteiger partial charge in [-0.15, -0.1) is 0 Å². The Morgan fingerprint density at radius 2 is 1.71 bits per heavy atom. The molecular formula is C18H20O5S. The number of carbonyl (C=O) groups is 1. The monoisotopic (exact) mass is 348 g/mol. The minimum Gasteiger partial charge on any atom is -0.496 e. The highest BCUT2D eigenvalue weighted by Gasteiger charge is 2.32. The van der Waals surface area contributed by atoms with E-state index in [9.17, 15) is 18.3 Å². The molecule has 0 aromatic heterocycles. The van der Waals surface area contributed by atoms with E-state index in [1.807, 2.05) is 19.1 Å². The molecule has 24 heavy (non-hydrogen) atoms. The maximum absolute atomic E-state index is 12.9. The molecule has 0 saturated carbocycles. The molecule has 1 N–H and O–H groups in total. The summed E-state index contributed by atoms with van der Waals surface area (Å²) < 4.78 is 30.9. The van der Waals surface area contributed by atoms with Crippen LogP contribution in [0, 0.1) is 6.92 Å². The number of rotatable bonds is 5. The van der Waals surface area contributed by atoms with Gasteiger partial charge in [-0.25, -0.2) is 13.2 Å². The predicted molar refractivity (Wildman–Crippen MR) is 92.4 cm³/mol. The maximum atomic E-state index is 12.9.